The smallest absolute Gasteiger partial charge is 0.168 e. The molecule has 0 unspecified atom stereocenters. The Morgan fingerprint density at radius 2 is 2.00 bits per heavy atom. The lowest BCUT2D eigenvalue weighted by Crippen LogP contribution is -2.03. The first kappa shape index (κ1) is 12.4. The molecule has 0 spiro atoms. The largest absolute Gasteiger partial charge is 0.398 e. The molecule has 0 atom stereocenters. The molecule has 2 nitrogen and oxygen atoms in total. The molecule has 17 heavy (non-hydrogen) atoms. The average molecular weight is 286 g/mol. The van der Waals surface area contributed by atoms with Crippen molar-refractivity contribution in [1.82, 2.24) is 0 Å². The fourth-order valence-corrected chi connectivity index (χ4v) is 2.63. The first-order valence-corrected chi connectivity index (χ1v) is 6.46. The molecule has 0 fully saturated rings. The van der Waals surface area contributed by atoms with Gasteiger partial charge in [0.2, 0.25) is 0 Å². The SMILES string of the molecule is Nc1cc(C(=O)Cc2ccc(Cl)s2)ccc1Cl. The Morgan fingerprint density at radius 1 is 1.24 bits per heavy atom. The molecule has 0 bridgehead atoms. The van der Waals surface area contributed by atoms with Gasteiger partial charge in [0.15, 0.2) is 5.78 Å². The van der Waals surface area contributed by atoms with E-state index in [1.807, 2.05) is 6.07 Å². The van der Waals surface area contributed by atoms with Gasteiger partial charge in [-0.25, -0.2) is 0 Å². The van der Waals surface area contributed by atoms with Crippen LogP contribution in [0.15, 0.2) is 30.3 Å². The molecule has 0 saturated heterocycles. The Balaban J connectivity index is 2.17. The maximum atomic E-state index is 12.0. The van der Waals surface area contributed by atoms with E-state index in [2.05, 4.69) is 0 Å². The predicted molar refractivity (Wildman–Crippen MR) is 73.2 cm³/mol. The molecule has 0 aliphatic heterocycles. The average Bonchev–Trinajstić information content (AvgIpc) is 2.68. The quantitative estimate of drug-likeness (QED) is 0.683. The van der Waals surface area contributed by atoms with Crippen molar-refractivity contribution in [1.29, 1.82) is 0 Å². The number of anilines is 1. The van der Waals surface area contributed by atoms with Gasteiger partial charge in [0, 0.05) is 16.9 Å². The summed E-state index contributed by atoms with van der Waals surface area (Å²) in [5.41, 5.74) is 6.64. The lowest BCUT2D eigenvalue weighted by Gasteiger charge is -2.02. The third kappa shape index (κ3) is 3.00. The minimum atomic E-state index is 0.00637. The monoisotopic (exact) mass is 285 g/mol. The van der Waals surface area contributed by atoms with Gasteiger partial charge in [-0.05, 0) is 30.3 Å². The van der Waals surface area contributed by atoms with Crippen LogP contribution in [0.5, 0.6) is 0 Å². The number of hydrogen-bond acceptors (Lipinski definition) is 3. The Morgan fingerprint density at radius 3 is 2.59 bits per heavy atom. The number of carbonyl (C=O) groups excluding carboxylic acids is 1. The molecule has 0 radical (unpaired) electrons. The van der Waals surface area contributed by atoms with E-state index in [-0.39, 0.29) is 5.78 Å². The van der Waals surface area contributed by atoms with E-state index >= 15 is 0 Å². The number of rotatable bonds is 3. The lowest BCUT2D eigenvalue weighted by atomic mass is 10.1. The van der Waals surface area contributed by atoms with Crippen LogP contribution in [0.2, 0.25) is 9.36 Å². The third-order valence-electron chi connectivity index (χ3n) is 2.28. The Hall–Kier alpha value is -1.03. The first-order chi connectivity index (χ1) is 8.06. The van der Waals surface area contributed by atoms with E-state index in [4.69, 9.17) is 28.9 Å². The normalized spacial score (nSPS) is 10.5. The summed E-state index contributed by atoms with van der Waals surface area (Å²) in [5.74, 6) is 0.00637. The van der Waals surface area contributed by atoms with Crippen molar-refractivity contribution in [2.24, 2.45) is 0 Å². The second-order valence-corrected chi connectivity index (χ2v) is 5.75. The van der Waals surface area contributed by atoms with Gasteiger partial charge in [0.05, 0.1) is 15.0 Å². The molecule has 1 aromatic heterocycles. The Bertz CT molecular complexity index is 565. The minimum Gasteiger partial charge on any atom is -0.398 e. The highest BCUT2D eigenvalue weighted by atomic mass is 35.5. The van der Waals surface area contributed by atoms with Crippen molar-refractivity contribution in [3.8, 4) is 0 Å². The Kier molecular flexibility index (Phi) is 3.72. The van der Waals surface area contributed by atoms with Crippen molar-refractivity contribution in [3.05, 3.63) is 50.1 Å². The van der Waals surface area contributed by atoms with E-state index in [0.717, 1.165) is 4.88 Å². The van der Waals surface area contributed by atoms with Crippen LogP contribution in [0.4, 0.5) is 5.69 Å². The van der Waals surface area contributed by atoms with Crippen LogP contribution in [-0.2, 0) is 6.42 Å². The molecule has 1 aromatic carbocycles. The van der Waals surface area contributed by atoms with Crippen LogP contribution in [0.25, 0.3) is 0 Å². The van der Waals surface area contributed by atoms with Gasteiger partial charge in [0.1, 0.15) is 0 Å². The summed E-state index contributed by atoms with van der Waals surface area (Å²) in [6.45, 7) is 0. The molecule has 2 rings (SSSR count). The molecule has 0 amide bonds. The van der Waals surface area contributed by atoms with Crippen molar-refractivity contribution >= 4 is 46.0 Å². The third-order valence-corrected chi connectivity index (χ3v) is 3.86. The van der Waals surface area contributed by atoms with E-state index in [9.17, 15) is 4.79 Å². The summed E-state index contributed by atoms with van der Waals surface area (Å²) in [5, 5.41) is 0.459. The first-order valence-electron chi connectivity index (χ1n) is 4.88. The fourth-order valence-electron chi connectivity index (χ4n) is 1.42. The molecule has 0 saturated carbocycles. The molecule has 2 aromatic rings. The second kappa shape index (κ2) is 5.08. The van der Waals surface area contributed by atoms with Gasteiger partial charge in [0.25, 0.3) is 0 Å². The molecule has 0 aliphatic rings. The molecule has 1 heterocycles. The molecule has 0 aliphatic carbocycles. The number of nitrogens with two attached hydrogens (primary N) is 1. The van der Waals surface area contributed by atoms with Crippen LogP contribution >= 0.6 is 34.5 Å². The van der Waals surface area contributed by atoms with Crippen LogP contribution in [0.1, 0.15) is 15.2 Å². The molecular formula is C12H9Cl2NOS. The zero-order valence-electron chi connectivity index (χ0n) is 8.74. The van der Waals surface area contributed by atoms with Crippen LogP contribution in [0, 0.1) is 0 Å². The summed E-state index contributed by atoms with van der Waals surface area (Å²) in [6, 6.07) is 8.54. The standard InChI is InChI=1S/C12H9Cl2NOS/c13-9-3-1-7(5-10(9)15)11(16)6-8-2-4-12(14)17-8/h1-5H,6,15H2. The molecule has 2 N–H and O–H groups in total. The topological polar surface area (TPSA) is 43.1 Å². The Labute approximate surface area is 113 Å². The number of benzene rings is 1. The summed E-state index contributed by atoms with van der Waals surface area (Å²) in [7, 11) is 0. The highest BCUT2D eigenvalue weighted by molar-refractivity contribution is 7.16. The van der Waals surface area contributed by atoms with Gasteiger partial charge in [-0.2, -0.15) is 0 Å². The van der Waals surface area contributed by atoms with Crippen LogP contribution in [0.3, 0.4) is 0 Å². The van der Waals surface area contributed by atoms with Crippen molar-refractivity contribution < 1.29 is 4.79 Å². The lowest BCUT2D eigenvalue weighted by molar-refractivity contribution is 0.0994. The predicted octanol–water partition coefficient (Wildman–Crippen LogP) is 4.06. The number of carbonyl (C=O) groups is 1. The number of ketones is 1. The van der Waals surface area contributed by atoms with Gasteiger partial charge >= 0.3 is 0 Å². The van der Waals surface area contributed by atoms with Crippen LogP contribution in [-0.4, -0.2) is 5.78 Å². The van der Waals surface area contributed by atoms with E-state index < -0.39 is 0 Å². The van der Waals surface area contributed by atoms with Crippen molar-refractivity contribution in [2.75, 3.05) is 5.73 Å². The van der Waals surface area contributed by atoms with E-state index in [0.29, 0.717) is 27.0 Å². The number of halogens is 2. The number of Topliss-reactive ketones (excluding diaryl/α,β-unsaturated/α-hetero) is 1. The maximum Gasteiger partial charge on any atom is 0.168 e. The zero-order valence-corrected chi connectivity index (χ0v) is 11.1. The number of thiophene rings is 1. The van der Waals surface area contributed by atoms with Crippen molar-refractivity contribution in [2.45, 2.75) is 6.42 Å². The molecular weight excluding hydrogens is 277 g/mol. The summed E-state index contributed by atoms with van der Waals surface area (Å²) < 4.78 is 0.684. The van der Waals surface area contributed by atoms with Crippen molar-refractivity contribution in [3.63, 3.8) is 0 Å². The minimum absolute atomic E-state index is 0.00637. The number of nitrogen functional groups attached to an aromatic ring is 1. The highest BCUT2D eigenvalue weighted by Gasteiger charge is 2.10. The van der Waals surface area contributed by atoms with Gasteiger partial charge in [-0.15, -0.1) is 11.3 Å². The summed E-state index contributed by atoms with van der Waals surface area (Å²) in [6.07, 6.45) is 0.332. The van der Waals surface area contributed by atoms with E-state index in [1.54, 1.807) is 24.3 Å². The van der Waals surface area contributed by atoms with Gasteiger partial charge in [-0.3, -0.25) is 4.79 Å². The molecule has 5 heteroatoms. The summed E-state index contributed by atoms with van der Waals surface area (Å²) in [4.78, 5) is 12.9. The maximum absolute atomic E-state index is 12.0. The molecule has 88 valence electrons. The van der Waals surface area contributed by atoms with E-state index in [1.165, 1.54) is 11.3 Å². The highest BCUT2D eigenvalue weighted by Crippen LogP contribution is 2.24. The second-order valence-electron chi connectivity index (χ2n) is 3.54. The van der Waals surface area contributed by atoms with Gasteiger partial charge < -0.3 is 5.73 Å². The summed E-state index contributed by atoms with van der Waals surface area (Å²) >= 11 is 13.0. The van der Waals surface area contributed by atoms with Gasteiger partial charge in [-0.1, -0.05) is 23.2 Å². The zero-order chi connectivity index (χ0) is 12.4. The fraction of sp³-hybridized carbons (Fsp3) is 0.0833. The number of hydrogen-bond donors (Lipinski definition) is 1. The van der Waals surface area contributed by atoms with Crippen LogP contribution < -0.4 is 5.73 Å².